The Labute approximate surface area is 297 Å². The molecule has 1 nitrogen and oxygen atoms in total. The predicted molar refractivity (Wildman–Crippen MR) is 215 cm³/mol. The molecule has 242 valence electrons. The molecule has 0 spiro atoms. The number of furan rings is 1. The normalized spacial score (nSPS) is 15.0. The molecule has 11 rings (SSSR count). The van der Waals surface area contributed by atoms with E-state index in [0.717, 1.165) is 16.6 Å². The van der Waals surface area contributed by atoms with E-state index < -0.39 is 0 Å². The zero-order valence-corrected chi connectivity index (χ0v) is 29.3. The first-order valence-electron chi connectivity index (χ1n) is 18.1. The van der Waals surface area contributed by atoms with E-state index in [1.807, 2.05) is 6.07 Å². The van der Waals surface area contributed by atoms with Crippen molar-refractivity contribution in [3.05, 3.63) is 168 Å². The summed E-state index contributed by atoms with van der Waals surface area (Å²) >= 11 is 0. The van der Waals surface area contributed by atoms with Crippen LogP contribution in [0.4, 0.5) is 0 Å². The molecule has 0 radical (unpaired) electrons. The summed E-state index contributed by atoms with van der Waals surface area (Å²) in [6.45, 7) is 9.58. The molecule has 2 aliphatic carbocycles. The Morgan fingerprint density at radius 2 is 0.843 bits per heavy atom. The maximum atomic E-state index is 6.37. The summed E-state index contributed by atoms with van der Waals surface area (Å²) in [7, 11) is 0. The smallest absolute Gasteiger partial charge is 0.136 e. The van der Waals surface area contributed by atoms with Gasteiger partial charge in [0.1, 0.15) is 11.2 Å². The van der Waals surface area contributed by atoms with Gasteiger partial charge in [0, 0.05) is 21.6 Å². The van der Waals surface area contributed by atoms with Crippen molar-refractivity contribution in [2.45, 2.75) is 38.5 Å². The van der Waals surface area contributed by atoms with Gasteiger partial charge in [0.15, 0.2) is 0 Å². The minimum atomic E-state index is -0.138. The molecule has 0 aliphatic heterocycles. The van der Waals surface area contributed by atoms with Crippen LogP contribution < -0.4 is 0 Å². The molecule has 0 unspecified atom stereocenters. The van der Waals surface area contributed by atoms with Crippen LogP contribution in [0.2, 0.25) is 0 Å². The lowest BCUT2D eigenvalue weighted by atomic mass is 9.78. The third-order valence-corrected chi connectivity index (χ3v) is 12.3. The first-order valence-corrected chi connectivity index (χ1v) is 18.1. The monoisotopic (exact) mass is 652 g/mol. The van der Waals surface area contributed by atoms with Crippen LogP contribution in [0, 0.1) is 0 Å². The zero-order valence-electron chi connectivity index (χ0n) is 29.3. The Morgan fingerprint density at radius 1 is 0.353 bits per heavy atom. The van der Waals surface area contributed by atoms with E-state index in [0.29, 0.717) is 0 Å². The molecule has 8 aromatic carbocycles. The van der Waals surface area contributed by atoms with E-state index in [2.05, 4.69) is 167 Å². The average molecular weight is 653 g/mol. The van der Waals surface area contributed by atoms with Gasteiger partial charge >= 0.3 is 0 Å². The molecule has 0 bridgehead atoms. The molecule has 1 aromatic heterocycles. The summed E-state index contributed by atoms with van der Waals surface area (Å²) < 4.78 is 6.37. The van der Waals surface area contributed by atoms with Gasteiger partial charge in [-0.25, -0.2) is 0 Å². The molecular formula is C50H36O. The van der Waals surface area contributed by atoms with Crippen LogP contribution >= 0.6 is 0 Å². The quantitative estimate of drug-likeness (QED) is 0.169. The Balaban J connectivity index is 1.16. The first-order chi connectivity index (χ1) is 24.8. The van der Waals surface area contributed by atoms with Gasteiger partial charge < -0.3 is 4.42 Å². The van der Waals surface area contributed by atoms with Crippen molar-refractivity contribution in [1.82, 2.24) is 0 Å². The topological polar surface area (TPSA) is 13.1 Å². The van der Waals surface area contributed by atoms with Gasteiger partial charge in [-0.05, 0) is 119 Å². The average Bonchev–Trinajstić information content (AvgIpc) is 3.73. The summed E-state index contributed by atoms with van der Waals surface area (Å²) in [5.41, 5.74) is 17.9. The molecule has 1 heteroatoms. The Hall–Kier alpha value is -5.92. The highest BCUT2D eigenvalue weighted by Crippen LogP contribution is 2.57. The van der Waals surface area contributed by atoms with E-state index in [-0.39, 0.29) is 10.8 Å². The van der Waals surface area contributed by atoms with Crippen molar-refractivity contribution < 1.29 is 4.42 Å². The van der Waals surface area contributed by atoms with Crippen molar-refractivity contribution in [2.75, 3.05) is 0 Å². The van der Waals surface area contributed by atoms with Crippen LogP contribution in [0.25, 0.3) is 88.0 Å². The molecule has 2 aliphatic rings. The second-order valence-corrected chi connectivity index (χ2v) is 15.6. The number of benzene rings is 8. The van der Waals surface area contributed by atoms with Crippen LogP contribution in [0.15, 0.2) is 150 Å². The van der Waals surface area contributed by atoms with Crippen LogP contribution in [0.1, 0.15) is 49.9 Å². The second kappa shape index (κ2) is 9.86. The lowest BCUT2D eigenvalue weighted by Gasteiger charge is -2.24. The molecule has 0 saturated heterocycles. The fraction of sp³-hybridized carbons (Fsp3) is 0.120. The number of rotatable bonds is 2. The highest BCUT2D eigenvalue weighted by Gasteiger charge is 2.41. The number of hydrogen-bond acceptors (Lipinski definition) is 1. The molecular weight excluding hydrogens is 617 g/mol. The summed E-state index contributed by atoms with van der Waals surface area (Å²) in [5.74, 6) is 0. The summed E-state index contributed by atoms with van der Waals surface area (Å²) in [5, 5.41) is 7.36. The van der Waals surface area contributed by atoms with Crippen LogP contribution in [-0.4, -0.2) is 0 Å². The van der Waals surface area contributed by atoms with E-state index in [9.17, 15) is 0 Å². The van der Waals surface area contributed by atoms with E-state index >= 15 is 0 Å². The molecule has 0 fully saturated rings. The zero-order chi connectivity index (χ0) is 34.2. The third kappa shape index (κ3) is 3.71. The highest BCUT2D eigenvalue weighted by atomic mass is 16.3. The molecule has 9 aromatic rings. The predicted octanol–water partition coefficient (Wildman–Crippen LogP) is 13.8. The van der Waals surface area contributed by atoms with Gasteiger partial charge in [-0.1, -0.05) is 143 Å². The van der Waals surface area contributed by atoms with Crippen LogP contribution in [0.3, 0.4) is 0 Å². The Kier molecular flexibility index (Phi) is 5.58. The second-order valence-electron chi connectivity index (χ2n) is 15.6. The van der Waals surface area contributed by atoms with Crippen LogP contribution in [-0.2, 0) is 10.8 Å². The maximum Gasteiger partial charge on any atom is 0.136 e. The molecule has 0 saturated carbocycles. The fourth-order valence-electron chi connectivity index (χ4n) is 9.80. The first kappa shape index (κ1) is 28.9. The molecule has 0 N–H and O–H groups in total. The van der Waals surface area contributed by atoms with Crippen molar-refractivity contribution in [2.24, 2.45) is 0 Å². The Morgan fingerprint density at radius 3 is 1.53 bits per heavy atom. The van der Waals surface area contributed by atoms with E-state index in [4.69, 9.17) is 4.42 Å². The number of hydrogen-bond donors (Lipinski definition) is 0. The summed E-state index contributed by atoms with van der Waals surface area (Å²) in [6.07, 6.45) is 0. The van der Waals surface area contributed by atoms with E-state index in [1.165, 1.54) is 93.7 Å². The lowest BCUT2D eigenvalue weighted by molar-refractivity contribution is 0.652. The largest absolute Gasteiger partial charge is 0.456 e. The standard InChI is InChI=1S/C50H36O/c1-49(2)40-21-11-9-14-30(40)38-27-43-39(28-42(38)49)31-25-24-29(26-41(31)50(43,3)4)46-32-15-5-7-17-34(32)47(35-18-8-6-16-33(35)46)37-20-13-23-45-48(37)36-19-10-12-22-44(36)51-45/h5-28H,1-4H3. The van der Waals surface area contributed by atoms with Crippen molar-refractivity contribution in [1.29, 1.82) is 0 Å². The number of para-hydroxylation sites is 1. The van der Waals surface area contributed by atoms with Gasteiger partial charge in [0.25, 0.3) is 0 Å². The summed E-state index contributed by atoms with van der Waals surface area (Å²) in [4.78, 5) is 0. The fourth-order valence-corrected chi connectivity index (χ4v) is 9.80. The van der Waals surface area contributed by atoms with Crippen LogP contribution in [0.5, 0.6) is 0 Å². The minimum Gasteiger partial charge on any atom is -0.456 e. The minimum absolute atomic E-state index is 0.0273. The van der Waals surface area contributed by atoms with Crippen molar-refractivity contribution >= 4 is 43.5 Å². The molecule has 0 atom stereocenters. The SMILES string of the molecule is CC1(C)c2ccccc2-c2cc3c(cc21)-c1ccc(-c2c4ccccc4c(-c4cccc5oc6ccccc6c45)c4ccccc24)cc1C3(C)C. The summed E-state index contributed by atoms with van der Waals surface area (Å²) in [6, 6.07) is 54.1. The van der Waals surface area contributed by atoms with Gasteiger partial charge in [0.2, 0.25) is 0 Å². The van der Waals surface area contributed by atoms with Crippen molar-refractivity contribution in [3.8, 4) is 44.5 Å². The van der Waals surface area contributed by atoms with Gasteiger partial charge in [-0.15, -0.1) is 0 Å². The van der Waals surface area contributed by atoms with Gasteiger partial charge in [0.05, 0.1) is 0 Å². The number of fused-ring (bicyclic) bond motifs is 11. The lowest BCUT2D eigenvalue weighted by Crippen LogP contribution is -2.17. The molecule has 1 heterocycles. The van der Waals surface area contributed by atoms with Crippen molar-refractivity contribution in [3.63, 3.8) is 0 Å². The molecule has 51 heavy (non-hydrogen) atoms. The van der Waals surface area contributed by atoms with Gasteiger partial charge in [-0.2, -0.15) is 0 Å². The maximum absolute atomic E-state index is 6.37. The van der Waals surface area contributed by atoms with E-state index in [1.54, 1.807) is 0 Å². The Bertz CT molecular complexity index is 2910. The van der Waals surface area contributed by atoms with Gasteiger partial charge in [-0.3, -0.25) is 0 Å². The molecule has 0 amide bonds. The third-order valence-electron chi connectivity index (χ3n) is 12.3. The highest BCUT2D eigenvalue weighted by molar-refractivity contribution is 6.25.